The van der Waals surface area contributed by atoms with Gasteiger partial charge in [0.25, 0.3) is 0 Å². The number of aromatic hydroxyl groups is 1. The summed E-state index contributed by atoms with van der Waals surface area (Å²) in [7, 11) is 1.76. The Kier molecular flexibility index (Phi) is 7.13. The molecule has 4 rings (SSSR count). The summed E-state index contributed by atoms with van der Waals surface area (Å²) < 4.78 is 14.9. The van der Waals surface area contributed by atoms with E-state index in [1.807, 2.05) is 56.9 Å². The van der Waals surface area contributed by atoms with Crippen molar-refractivity contribution in [2.45, 2.75) is 46.2 Å². The number of likely N-dealkylation sites (N-methyl/N-ethyl adjacent to an activating group) is 1. The van der Waals surface area contributed by atoms with Gasteiger partial charge in [-0.1, -0.05) is 25.1 Å². The number of nitrogens with two attached hydrogens (primary N) is 1. The predicted molar refractivity (Wildman–Crippen MR) is 143 cm³/mol. The monoisotopic (exact) mass is 488 g/mol. The normalized spacial score (nSPS) is 15.5. The number of phenolic OH excluding ortho intramolecular Hbond substituents is 1. The van der Waals surface area contributed by atoms with E-state index in [0.29, 0.717) is 23.4 Å². The van der Waals surface area contributed by atoms with Crippen molar-refractivity contribution in [3.05, 3.63) is 76.6 Å². The third kappa shape index (κ3) is 4.84. The zero-order chi connectivity index (χ0) is 26.1. The van der Waals surface area contributed by atoms with E-state index >= 15 is 0 Å². The van der Waals surface area contributed by atoms with E-state index < -0.39 is 17.6 Å². The molecule has 3 aromatic carbocycles. The van der Waals surface area contributed by atoms with Crippen LogP contribution >= 0.6 is 0 Å². The molecule has 0 radical (unpaired) electrons. The second-order valence-corrected chi connectivity index (χ2v) is 9.65. The molecular weight excluding hydrogens is 455 g/mol. The molecule has 6 nitrogen and oxygen atoms in total. The number of benzene rings is 3. The molecule has 0 saturated heterocycles. The van der Waals surface area contributed by atoms with Gasteiger partial charge in [-0.25, -0.2) is 9.38 Å². The van der Waals surface area contributed by atoms with Crippen molar-refractivity contribution in [2.75, 3.05) is 18.5 Å². The highest BCUT2D eigenvalue weighted by Gasteiger charge is 2.35. The van der Waals surface area contributed by atoms with Gasteiger partial charge in [-0.15, -0.1) is 0 Å². The lowest BCUT2D eigenvalue weighted by atomic mass is 9.91. The molecule has 7 heteroatoms. The van der Waals surface area contributed by atoms with Gasteiger partial charge in [-0.2, -0.15) is 0 Å². The van der Waals surface area contributed by atoms with Crippen molar-refractivity contribution >= 4 is 23.6 Å². The van der Waals surface area contributed by atoms with Crippen molar-refractivity contribution in [3.8, 4) is 16.9 Å². The molecule has 3 aromatic rings. The fourth-order valence-electron chi connectivity index (χ4n) is 4.75. The van der Waals surface area contributed by atoms with Crippen molar-refractivity contribution in [2.24, 2.45) is 10.7 Å². The second-order valence-electron chi connectivity index (χ2n) is 9.65. The molecule has 0 spiro atoms. The maximum Gasteiger partial charge on any atom is 0.250 e. The molecule has 188 valence electrons. The predicted octanol–water partition coefficient (Wildman–Crippen LogP) is 5.54. The Balaban J connectivity index is 1.89. The molecule has 0 fully saturated rings. The maximum atomic E-state index is 14.9. The molecule has 2 atom stereocenters. The molecule has 3 N–H and O–H groups in total. The van der Waals surface area contributed by atoms with Crippen LogP contribution in [-0.4, -0.2) is 41.9 Å². The van der Waals surface area contributed by atoms with Crippen LogP contribution in [0.4, 0.5) is 15.8 Å². The number of nitrogens with zero attached hydrogens (tertiary/aromatic N) is 3. The summed E-state index contributed by atoms with van der Waals surface area (Å²) in [5.74, 6) is -1.24. The fraction of sp³-hybridized carbons (Fsp3) is 0.310. The van der Waals surface area contributed by atoms with Crippen LogP contribution in [0.2, 0.25) is 0 Å². The average molecular weight is 489 g/mol. The number of carbonyl (C=O) groups is 1. The van der Waals surface area contributed by atoms with Crippen molar-refractivity contribution in [1.29, 1.82) is 0 Å². The van der Waals surface area contributed by atoms with E-state index in [1.165, 1.54) is 6.07 Å². The highest BCUT2D eigenvalue weighted by Crippen LogP contribution is 2.42. The third-order valence-corrected chi connectivity index (χ3v) is 6.68. The van der Waals surface area contributed by atoms with E-state index in [9.17, 15) is 14.3 Å². The Morgan fingerprint density at radius 1 is 1.14 bits per heavy atom. The van der Waals surface area contributed by atoms with Crippen LogP contribution in [-0.2, 0) is 4.79 Å². The number of halogens is 1. The third-order valence-electron chi connectivity index (χ3n) is 6.68. The summed E-state index contributed by atoms with van der Waals surface area (Å²) in [5, 5.41) is 9.97. The lowest BCUT2D eigenvalue weighted by molar-refractivity contribution is -0.131. The van der Waals surface area contributed by atoms with Crippen LogP contribution in [0.3, 0.4) is 0 Å². The largest absolute Gasteiger partial charge is 0.505 e. The fourth-order valence-corrected chi connectivity index (χ4v) is 4.75. The molecule has 1 unspecified atom stereocenters. The smallest absolute Gasteiger partial charge is 0.250 e. The first-order valence-electron chi connectivity index (χ1n) is 12.1. The van der Waals surface area contributed by atoms with E-state index in [-0.39, 0.29) is 17.5 Å². The van der Waals surface area contributed by atoms with Crippen LogP contribution in [0.5, 0.6) is 5.75 Å². The van der Waals surface area contributed by atoms with Gasteiger partial charge in [-0.3, -0.25) is 4.79 Å². The molecule has 1 aliphatic rings. The Morgan fingerprint density at radius 2 is 1.83 bits per heavy atom. The molecule has 0 aromatic heterocycles. The number of fused-ring (bicyclic) bond motifs is 1. The van der Waals surface area contributed by atoms with Gasteiger partial charge in [-0.05, 0) is 79.8 Å². The highest BCUT2D eigenvalue weighted by atomic mass is 19.1. The van der Waals surface area contributed by atoms with Gasteiger partial charge in [0, 0.05) is 36.4 Å². The lowest BCUT2D eigenvalue weighted by Gasteiger charge is -2.36. The SMILES string of the molecule is CC[C@H](N)CN(C)C(=O)C1c2cc(-c3cccc(O)c3F)c(C)cc2N=CN1c1cc(C)cc(C)c1. The minimum Gasteiger partial charge on any atom is -0.505 e. The van der Waals surface area contributed by atoms with Crippen LogP contribution in [0.1, 0.15) is 41.6 Å². The molecule has 0 bridgehead atoms. The number of anilines is 1. The van der Waals surface area contributed by atoms with Crippen LogP contribution in [0, 0.1) is 26.6 Å². The zero-order valence-corrected chi connectivity index (χ0v) is 21.4. The van der Waals surface area contributed by atoms with E-state index in [1.54, 1.807) is 30.4 Å². The Bertz CT molecular complexity index is 1320. The Morgan fingerprint density at radius 3 is 2.50 bits per heavy atom. The Labute approximate surface area is 211 Å². The maximum absolute atomic E-state index is 14.9. The average Bonchev–Trinajstić information content (AvgIpc) is 2.83. The Hall–Kier alpha value is -3.71. The quantitative estimate of drug-likeness (QED) is 0.477. The van der Waals surface area contributed by atoms with Crippen LogP contribution in [0.15, 0.2) is 53.5 Å². The van der Waals surface area contributed by atoms with Crippen LogP contribution in [0.25, 0.3) is 11.1 Å². The topological polar surface area (TPSA) is 82.2 Å². The van der Waals surface area contributed by atoms with E-state index in [4.69, 9.17) is 5.73 Å². The summed E-state index contributed by atoms with van der Waals surface area (Å²) in [6.45, 7) is 8.31. The number of rotatable bonds is 6. The lowest BCUT2D eigenvalue weighted by Crippen LogP contribution is -2.46. The number of hydrogen-bond acceptors (Lipinski definition) is 5. The van der Waals surface area contributed by atoms with Gasteiger partial charge >= 0.3 is 0 Å². The second kappa shape index (κ2) is 10.1. The highest BCUT2D eigenvalue weighted by molar-refractivity contribution is 5.99. The summed E-state index contributed by atoms with van der Waals surface area (Å²) in [6, 6.07) is 13.5. The van der Waals surface area contributed by atoms with Crippen LogP contribution < -0.4 is 10.6 Å². The molecule has 1 heterocycles. The summed E-state index contributed by atoms with van der Waals surface area (Å²) >= 11 is 0. The molecule has 0 aliphatic carbocycles. The minimum absolute atomic E-state index is 0.128. The van der Waals surface area contributed by atoms with Gasteiger partial charge in [0.15, 0.2) is 11.6 Å². The van der Waals surface area contributed by atoms with E-state index in [2.05, 4.69) is 11.1 Å². The van der Waals surface area contributed by atoms with Gasteiger partial charge in [0.2, 0.25) is 5.91 Å². The number of hydrogen-bond donors (Lipinski definition) is 2. The summed E-state index contributed by atoms with van der Waals surface area (Å²) in [6.07, 6.45) is 2.45. The van der Waals surface area contributed by atoms with Gasteiger partial charge in [0.05, 0.1) is 12.0 Å². The molecule has 36 heavy (non-hydrogen) atoms. The number of phenols is 1. The molecule has 1 aliphatic heterocycles. The van der Waals surface area contributed by atoms with E-state index in [0.717, 1.165) is 28.8 Å². The van der Waals surface area contributed by atoms with Crippen molar-refractivity contribution in [3.63, 3.8) is 0 Å². The first-order chi connectivity index (χ1) is 17.1. The number of carbonyl (C=O) groups excluding carboxylic acids is 1. The minimum atomic E-state index is -0.715. The van der Waals surface area contributed by atoms with Gasteiger partial charge < -0.3 is 20.6 Å². The number of aliphatic imine (C=N–C) groups is 1. The first kappa shape index (κ1) is 25.4. The summed E-state index contributed by atoms with van der Waals surface area (Å²) in [4.78, 5) is 22.2. The number of amides is 1. The van der Waals surface area contributed by atoms with Crippen molar-refractivity contribution in [1.82, 2.24) is 4.90 Å². The number of aryl methyl sites for hydroxylation is 3. The zero-order valence-electron chi connectivity index (χ0n) is 21.4. The van der Waals surface area contributed by atoms with Crippen molar-refractivity contribution < 1.29 is 14.3 Å². The molecule has 0 saturated carbocycles. The summed E-state index contributed by atoms with van der Waals surface area (Å²) in [5.41, 5.74) is 12.2. The first-order valence-corrected chi connectivity index (χ1v) is 12.1. The standard InChI is InChI=1S/C29H33FN4O2/c1-6-20(31)15-33(5)29(36)28-24-14-23(22-8-7-9-26(35)27(22)30)19(4)13-25(24)32-16-34(28)21-11-17(2)10-18(3)12-21/h7-14,16,20,28,35H,6,15,31H2,1-5H3/t20-,28?/m0/s1. The molecule has 1 amide bonds. The molecular formula is C29H33FN4O2. The van der Waals surface area contributed by atoms with Gasteiger partial charge in [0.1, 0.15) is 6.04 Å².